The van der Waals surface area contributed by atoms with Gasteiger partial charge in [0.2, 0.25) is 15.9 Å². The number of nitrogens with one attached hydrogen (secondary N) is 1. The van der Waals surface area contributed by atoms with Gasteiger partial charge in [-0.2, -0.15) is 4.31 Å². The van der Waals surface area contributed by atoms with Crippen LogP contribution in [0.4, 0.5) is 0 Å². The number of hydrogen-bond donors (Lipinski definition) is 1. The summed E-state index contributed by atoms with van der Waals surface area (Å²) >= 11 is 5.97. The molecule has 0 bridgehead atoms. The molecule has 0 aliphatic carbocycles. The lowest BCUT2D eigenvalue weighted by Gasteiger charge is -2.32. The number of methoxy groups -OCH3 is 1. The van der Waals surface area contributed by atoms with Crippen molar-refractivity contribution in [1.29, 1.82) is 0 Å². The molecule has 1 aliphatic heterocycles. The van der Waals surface area contributed by atoms with E-state index in [1.165, 1.54) is 23.5 Å². The topological polar surface area (TPSA) is 75.7 Å². The molecule has 6 nitrogen and oxygen atoms in total. The van der Waals surface area contributed by atoms with Crippen molar-refractivity contribution in [3.63, 3.8) is 0 Å². The molecule has 1 amide bonds. The normalized spacial score (nSPS) is 20.1. The molecule has 1 heterocycles. The molecule has 0 spiro atoms. The number of sulfonamides is 1. The van der Waals surface area contributed by atoms with Crippen molar-refractivity contribution in [3.8, 4) is 5.75 Å². The summed E-state index contributed by atoms with van der Waals surface area (Å²) in [6, 6.07) is 4.58. The molecule has 1 aliphatic rings. The van der Waals surface area contributed by atoms with Crippen molar-refractivity contribution in [1.82, 2.24) is 9.62 Å². The van der Waals surface area contributed by atoms with Crippen molar-refractivity contribution in [2.45, 2.75) is 44.0 Å². The molecule has 140 valence electrons. The second-order valence-corrected chi connectivity index (χ2v) is 8.66. The molecular weight excluding hydrogens is 364 g/mol. The van der Waals surface area contributed by atoms with Crippen molar-refractivity contribution in [3.05, 3.63) is 23.2 Å². The molecule has 1 aromatic rings. The molecule has 1 saturated heterocycles. The van der Waals surface area contributed by atoms with Crippen LogP contribution in [0.5, 0.6) is 5.75 Å². The van der Waals surface area contributed by atoms with E-state index in [4.69, 9.17) is 16.3 Å². The van der Waals surface area contributed by atoms with E-state index in [0.717, 1.165) is 6.42 Å². The Morgan fingerprint density at radius 2 is 2.20 bits per heavy atom. The van der Waals surface area contributed by atoms with Gasteiger partial charge < -0.3 is 10.1 Å². The second kappa shape index (κ2) is 8.38. The van der Waals surface area contributed by atoms with E-state index >= 15 is 0 Å². The highest BCUT2D eigenvalue weighted by Gasteiger charge is 2.35. The Kier molecular flexibility index (Phi) is 6.71. The Morgan fingerprint density at radius 1 is 1.48 bits per heavy atom. The smallest absolute Gasteiger partial charge is 0.246 e. The van der Waals surface area contributed by atoms with E-state index in [1.54, 1.807) is 6.07 Å². The highest BCUT2D eigenvalue weighted by Crippen LogP contribution is 2.31. The Balaban J connectivity index is 2.22. The number of ether oxygens (including phenoxy) is 1. The van der Waals surface area contributed by atoms with Gasteiger partial charge in [0.1, 0.15) is 10.6 Å². The monoisotopic (exact) mass is 388 g/mol. The van der Waals surface area contributed by atoms with E-state index in [0.29, 0.717) is 24.4 Å². The minimum absolute atomic E-state index is 0.0329. The van der Waals surface area contributed by atoms with Gasteiger partial charge in [0.05, 0.1) is 13.0 Å². The van der Waals surface area contributed by atoms with E-state index in [2.05, 4.69) is 5.32 Å². The average molecular weight is 389 g/mol. The lowest BCUT2D eigenvalue weighted by molar-refractivity contribution is -0.126. The summed E-state index contributed by atoms with van der Waals surface area (Å²) in [4.78, 5) is 12.4. The number of benzene rings is 1. The minimum Gasteiger partial charge on any atom is -0.495 e. The van der Waals surface area contributed by atoms with Crippen LogP contribution in [0.15, 0.2) is 23.1 Å². The first-order valence-electron chi connectivity index (χ1n) is 8.43. The van der Waals surface area contributed by atoms with Gasteiger partial charge >= 0.3 is 0 Å². The molecule has 2 atom stereocenters. The molecule has 2 rings (SSSR count). The van der Waals surface area contributed by atoms with Gasteiger partial charge in [-0.25, -0.2) is 8.42 Å². The number of carbonyl (C=O) groups is 1. The van der Waals surface area contributed by atoms with Crippen molar-refractivity contribution in [2.75, 3.05) is 20.2 Å². The van der Waals surface area contributed by atoms with Crippen LogP contribution in [0, 0.1) is 5.92 Å². The van der Waals surface area contributed by atoms with Crippen LogP contribution >= 0.6 is 11.6 Å². The van der Waals surface area contributed by atoms with Crippen LogP contribution < -0.4 is 10.1 Å². The second-order valence-electron chi connectivity index (χ2n) is 6.32. The molecule has 0 unspecified atom stereocenters. The van der Waals surface area contributed by atoms with Crippen molar-refractivity contribution in [2.24, 2.45) is 5.92 Å². The molecular formula is C17H25ClN2O4S. The summed E-state index contributed by atoms with van der Waals surface area (Å²) in [5.74, 6) is -0.189. The molecule has 25 heavy (non-hydrogen) atoms. The van der Waals surface area contributed by atoms with Gasteiger partial charge in [-0.3, -0.25) is 4.79 Å². The quantitative estimate of drug-likeness (QED) is 0.812. The first-order valence-corrected chi connectivity index (χ1v) is 10.3. The van der Waals surface area contributed by atoms with Crippen molar-refractivity contribution < 1.29 is 17.9 Å². The van der Waals surface area contributed by atoms with E-state index in [9.17, 15) is 13.2 Å². The SMILES string of the molecule is CC[C@@H](C)NC(=O)[C@H]1CCCN(S(=O)(=O)c2cc(Cl)ccc2OC)C1. The van der Waals surface area contributed by atoms with Gasteiger partial charge in [-0.15, -0.1) is 0 Å². The first kappa shape index (κ1) is 20.0. The molecule has 1 fully saturated rings. The molecule has 1 aromatic carbocycles. The number of hydrogen-bond acceptors (Lipinski definition) is 4. The van der Waals surface area contributed by atoms with Gasteiger partial charge in [0, 0.05) is 24.2 Å². The molecule has 0 aromatic heterocycles. The standard InChI is InChI=1S/C17H25ClN2O4S/c1-4-12(2)19-17(21)13-6-5-9-20(11-13)25(22,23)16-10-14(18)7-8-15(16)24-3/h7-8,10,12-13H,4-6,9,11H2,1-3H3,(H,19,21)/t12-,13+/m1/s1. The fraction of sp³-hybridized carbons (Fsp3) is 0.588. The number of piperidine rings is 1. The number of carbonyl (C=O) groups excluding carboxylic acids is 1. The third-order valence-electron chi connectivity index (χ3n) is 4.50. The third kappa shape index (κ3) is 4.65. The molecule has 1 N–H and O–H groups in total. The zero-order valence-electron chi connectivity index (χ0n) is 14.8. The minimum atomic E-state index is -3.78. The zero-order valence-corrected chi connectivity index (χ0v) is 16.4. The summed E-state index contributed by atoms with van der Waals surface area (Å²) in [7, 11) is -2.37. The largest absolute Gasteiger partial charge is 0.495 e. The maximum atomic E-state index is 13.0. The maximum Gasteiger partial charge on any atom is 0.246 e. The van der Waals surface area contributed by atoms with Crippen LogP contribution in [0.1, 0.15) is 33.1 Å². The van der Waals surface area contributed by atoms with Gasteiger partial charge in [-0.1, -0.05) is 18.5 Å². The van der Waals surface area contributed by atoms with Crippen LogP contribution in [-0.4, -0.2) is 44.9 Å². The lowest BCUT2D eigenvalue weighted by Crippen LogP contribution is -2.47. The average Bonchev–Trinajstić information content (AvgIpc) is 2.61. The van der Waals surface area contributed by atoms with Gasteiger partial charge in [0.15, 0.2) is 0 Å². The van der Waals surface area contributed by atoms with E-state index in [-0.39, 0.29) is 35.1 Å². The molecule has 8 heteroatoms. The first-order chi connectivity index (χ1) is 11.8. The van der Waals surface area contributed by atoms with Gasteiger partial charge in [-0.05, 0) is 44.4 Å². The van der Waals surface area contributed by atoms with Crippen LogP contribution in [0.2, 0.25) is 5.02 Å². The predicted molar refractivity (Wildman–Crippen MR) is 97.4 cm³/mol. The Labute approximate surface area is 154 Å². The summed E-state index contributed by atoms with van der Waals surface area (Å²) in [5, 5.41) is 3.26. The van der Waals surface area contributed by atoms with Crippen molar-refractivity contribution >= 4 is 27.5 Å². The summed E-state index contributed by atoms with van der Waals surface area (Å²) in [6.45, 7) is 4.48. The molecule has 0 radical (unpaired) electrons. The predicted octanol–water partition coefficient (Wildman–Crippen LogP) is 2.66. The fourth-order valence-corrected chi connectivity index (χ4v) is 4.77. The number of halogens is 1. The van der Waals surface area contributed by atoms with Crippen LogP contribution in [0.25, 0.3) is 0 Å². The highest BCUT2D eigenvalue weighted by molar-refractivity contribution is 7.89. The summed E-state index contributed by atoms with van der Waals surface area (Å²) < 4.78 is 32.6. The van der Waals surface area contributed by atoms with Crippen LogP contribution in [-0.2, 0) is 14.8 Å². The third-order valence-corrected chi connectivity index (χ3v) is 6.62. The Hall–Kier alpha value is -1.31. The zero-order chi connectivity index (χ0) is 18.6. The van der Waals surface area contributed by atoms with E-state index < -0.39 is 10.0 Å². The summed E-state index contributed by atoms with van der Waals surface area (Å²) in [6.07, 6.45) is 2.15. The highest BCUT2D eigenvalue weighted by atomic mass is 35.5. The van der Waals surface area contributed by atoms with E-state index in [1.807, 2.05) is 13.8 Å². The molecule has 0 saturated carbocycles. The van der Waals surface area contributed by atoms with Gasteiger partial charge in [0.25, 0.3) is 0 Å². The van der Waals surface area contributed by atoms with Crippen LogP contribution in [0.3, 0.4) is 0 Å². The number of amides is 1. The number of nitrogens with zero attached hydrogens (tertiary/aromatic N) is 1. The maximum absolute atomic E-state index is 13.0. The fourth-order valence-electron chi connectivity index (χ4n) is 2.83. The Morgan fingerprint density at radius 3 is 2.84 bits per heavy atom. The Bertz CT molecular complexity index is 723. The number of rotatable bonds is 6. The lowest BCUT2D eigenvalue weighted by atomic mass is 9.98. The summed E-state index contributed by atoms with van der Waals surface area (Å²) in [5.41, 5.74) is 0.